The van der Waals surface area contributed by atoms with Gasteiger partial charge in [0, 0.05) is 31.8 Å². The molecule has 2 heterocycles. The van der Waals surface area contributed by atoms with E-state index in [0.29, 0.717) is 25.3 Å². The topological polar surface area (TPSA) is 84.1 Å². The molecular weight excluding hydrogens is 274 g/mol. The molecule has 2 aromatic rings. The van der Waals surface area contributed by atoms with E-state index in [2.05, 4.69) is 15.4 Å². The predicted octanol–water partition coefficient (Wildman–Crippen LogP) is 0.518. The lowest BCUT2D eigenvalue weighted by atomic mass is 10.2. The maximum Gasteiger partial charge on any atom is 0.360 e. The van der Waals surface area contributed by atoms with Gasteiger partial charge in [-0.2, -0.15) is 5.10 Å². The summed E-state index contributed by atoms with van der Waals surface area (Å²) >= 11 is 0. The van der Waals surface area contributed by atoms with Crippen LogP contribution in [0.25, 0.3) is 0 Å². The second-order valence-electron chi connectivity index (χ2n) is 4.48. The van der Waals surface area contributed by atoms with Crippen LogP contribution in [0.4, 0.5) is 0 Å². The molecule has 0 fully saturated rings. The molecule has 0 amide bonds. The molecule has 0 saturated heterocycles. The molecule has 0 saturated carbocycles. The van der Waals surface area contributed by atoms with E-state index in [1.807, 2.05) is 17.8 Å². The van der Waals surface area contributed by atoms with Gasteiger partial charge in [0.1, 0.15) is 0 Å². The minimum atomic E-state index is -0.489. The second kappa shape index (κ2) is 6.98. The number of methoxy groups -OCH3 is 2. The molecule has 0 aliphatic rings. The summed E-state index contributed by atoms with van der Waals surface area (Å²) in [5.41, 5.74) is 1.93. The number of carbonyl (C=O) groups excluding carboxylic acids is 1. The van der Waals surface area contributed by atoms with Crippen LogP contribution in [-0.2, 0) is 29.0 Å². The Morgan fingerprint density at radius 2 is 2.19 bits per heavy atom. The molecule has 0 N–H and O–H groups in total. The number of carbonyl (C=O) groups is 1. The minimum Gasteiger partial charge on any atom is -0.464 e. The Bertz CT molecular complexity index is 605. The summed E-state index contributed by atoms with van der Waals surface area (Å²) in [5, 5.41) is 12.2. The predicted molar refractivity (Wildman–Crippen MR) is 73.9 cm³/mol. The van der Waals surface area contributed by atoms with E-state index in [1.54, 1.807) is 18.0 Å². The average molecular weight is 293 g/mol. The van der Waals surface area contributed by atoms with Crippen molar-refractivity contribution in [2.45, 2.75) is 26.4 Å². The Kier molecular flexibility index (Phi) is 5.04. The van der Waals surface area contributed by atoms with Crippen LogP contribution >= 0.6 is 0 Å². The lowest BCUT2D eigenvalue weighted by Crippen LogP contribution is -2.12. The first-order valence-electron chi connectivity index (χ1n) is 6.70. The highest BCUT2D eigenvalue weighted by molar-refractivity contribution is 5.88. The third-order valence-electron chi connectivity index (χ3n) is 3.10. The van der Waals surface area contributed by atoms with Gasteiger partial charge < -0.3 is 9.47 Å². The first kappa shape index (κ1) is 15.2. The van der Waals surface area contributed by atoms with E-state index < -0.39 is 5.97 Å². The average Bonchev–Trinajstić information content (AvgIpc) is 3.11. The van der Waals surface area contributed by atoms with E-state index >= 15 is 0 Å². The summed E-state index contributed by atoms with van der Waals surface area (Å²) in [4.78, 5) is 11.7. The molecule has 0 atom stereocenters. The number of aryl methyl sites for hydroxylation is 1. The van der Waals surface area contributed by atoms with E-state index in [9.17, 15) is 4.79 Å². The molecule has 8 heteroatoms. The van der Waals surface area contributed by atoms with Crippen LogP contribution in [0.3, 0.4) is 0 Å². The van der Waals surface area contributed by atoms with Crippen LogP contribution in [0.2, 0.25) is 0 Å². The largest absolute Gasteiger partial charge is 0.464 e. The Hall–Kier alpha value is -2.22. The van der Waals surface area contributed by atoms with Gasteiger partial charge in [-0.05, 0) is 6.92 Å². The number of esters is 1. The molecule has 8 nitrogen and oxygen atoms in total. The highest BCUT2D eigenvalue weighted by Gasteiger charge is 2.20. The van der Waals surface area contributed by atoms with Crippen molar-refractivity contribution in [2.75, 3.05) is 20.8 Å². The molecule has 0 radical (unpaired) electrons. The van der Waals surface area contributed by atoms with Crippen molar-refractivity contribution < 1.29 is 14.3 Å². The van der Waals surface area contributed by atoms with Crippen LogP contribution in [0.5, 0.6) is 0 Å². The molecule has 0 bridgehead atoms. The van der Waals surface area contributed by atoms with Gasteiger partial charge in [0.25, 0.3) is 0 Å². The van der Waals surface area contributed by atoms with Gasteiger partial charge >= 0.3 is 5.97 Å². The number of hydrogen-bond donors (Lipinski definition) is 0. The molecular formula is C13H19N5O3. The quantitative estimate of drug-likeness (QED) is 0.692. The number of rotatable bonds is 7. The van der Waals surface area contributed by atoms with E-state index in [0.717, 1.165) is 12.1 Å². The molecule has 2 rings (SSSR count). The van der Waals surface area contributed by atoms with Gasteiger partial charge in [-0.1, -0.05) is 5.21 Å². The molecule has 0 aromatic carbocycles. The maximum absolute atomic E-state index is 11.7. The fraction of sp³-hybridized carbons (Fsp3) is 0.538. The molecule has 114 valence electrons. The standard InChI is InChI=1S/C13H19N5O3/c1-4-17-8-10(7-14-17)9-18-11(5-6-20-2)12(15-16-18)13(19)21-3/h7-8H,4-6,9H2,1-3H3. The van der Waals surface area contributed by atoms with Crippen LogP contribution < -0.4 is 0 Å². The number of nitrogens with zero attached hydrogens (tertiary/aromatic N) is 5. The van der Waals surface area contributed by atoms with Gasteiger partial charge in [-0.3, -0.25) is 4.68 Å². The van der Waals surface area contributed by atoms with Gasteiger partial charge in [-0.15, -0.1) is 5.10 Å². The number of hydrogen-bond acceptors (Lipinski definition) is 6. The Morgan fingerprint density at radius 3 is 2.81 bits per heavy atom. The van der Waals surface area contributed by atoms with Gasteiger partial charge in [0.15, 0.2) is 5.69 Å². The van der Waals surface area contributed by atoms with Crippen molar-refractivity contribution in [2.24, 2.45) is 0 Å². The third-order valence-corrected chi connectivity index (χ3v) is 3.10. The lowest BCUT2D eigenvalue weighted by molar-refractivity contribution is 0.0592. The van der Waals surface area contributed by atoms with Crippen LogP contribution in [0, 0.1) is 0 Å². The van der Waals surface area contributed by atoms with E-state index in [-0.39, 0.29) is 5.69 Å². The summed E-state index contributed by atoms with van der Waals surface area (Å²) in [6.07, 6.45) is 4.26. The summed E-state index contributed by atoms with van der Waals surface area (Å²) in [5.74, 6) is -0.489. The molecule has 0 unspecified atom stereocenters. The Morgan fingerprint density at radius 1 is 1.38 bits per heavy atom. The minimum absolute atomic E-state index is 0.234. The van der Waals surface area contributed by atoms with Gasteiger partial charge in [0.2, 0.25) is 0 Å². The molecule has 0 aliphatic carbocycles. The van der Waals surface area contributed by atoms with Crippen molar-refractivity contribution in [1.82, 2.24) is 24.8 Å². The number of ether oxygens (including phenoxy) is 2. The molecule has 21 heavy (non-hydrogen) atoms. The summed E-state index contributed by atoms with van der Waals surface area (Å²) in [7, 11) is 2.93. The van der Waals surface area contributed by atoms with Crippen LogP contribution in [-0.4, -0.2) is 51.6 Å². The van der Waals surface area contributed by atoms with Crippen molar-refractivity contribution in [3.8, 4) is 0 Å². The summed E-state index contributed by atoms with van der Waals surface area (Å²) in [6.45, 7) is 3.81. The molecule has 0 spiro atoms. The Balaban J connectivity index is 2.25. The van der Waals surface area contributed by atoms with Crippen molar-refractivity contribution in [3.63, 3.8) is 0 Å². The molecule has 2 aromatic heterocycles. The van der Waals surface area contributed by atoms with Crippen LogP contribution in [0.15, 0.2) is 12.4 Å². The van der Waals surface area contributed by atoms with Crippen molar-refractivity contribution in [1.29, 1.82) is 0 Å². The maximum atomic E-state index is 11.7. The van der Waals surface area contributed by atoms with Crippen molar-refractivity contribution in [3.05, 3.63) is 29.3 Å². The smallest absolute Gasteiger partial charge is 0.360 e. The number of aromatic nitrogens is 5. The second-order valence-corrected chi connectivity index (χ2v) is 4.48. The first-order chi connectivity index (χ1) is 10.2. The van der Waals surface area contributed by atoms with Gasteiger partial charge in [-0.25, -0.2) is 9.48 Å². The molecule has 0 aliphatic heterocycles. The van der Waals surface area contributed by atoms with Crippen LogP contribution in [0.1, 0.15) is 28.7 Å². The lowest BCUT2D eigenvalue weighted by Gasteiger charge is -2.06. The van der Waals surface area contributed by atoms with Gasteiger partial charge in [0.05, 0.1) is 32.2 Å². The highest BCUT2D eigenvalue weighted by atomic mass is 16.5. The summed E-state index contributed by atoms with van der Waals surface area (Å²) in [6, 6.07) is 0. The summed E-state index contributed by atoms with van der Waals surface area (Å²) < 4.78 is 13.3. The Labute approximate surface area is 122 Å². The van der Waals surface area contributed by atoms with Crippen molar-refractivity contribution >= 4 is 5.97 Å². The fourth-order valence-electron chi connectivity index (χ4n) is 2.00. The third kappa shape index (κ3) is 3.46. The normalized spacial score (nSPS) is 10.8. The SMILES string of the molecule is CCn1cc(Cn2nnc(C(=O)OC)c2CCOC)cn1. The highest BCUT2D eigenvalue weighted by Crippen LogP contribution is 2.11. The zero-order valence-electron chi connectivity index (χ0n) is 12.4. The monoisotopic (exact) mass is 293 g/mol. The zero-order valence-corrected chi connectivity index (χ0v) is 12.4. The van der Waals surface area contributed by atoms with E-state index in [1.165, 1.54) is 7.11 Å². The fourth-order valence-corrected chi connectivity index (χ4v) is 2.00. The zero-order chi connectivity index (χ0) is 15.2. The van der Waals surface area contributed by atoms with E-state index in [4.69, 9.17) is 9.47 Å². The first-order valence-corrected chi connectivity index (χ1v) is 6.70.